The molecule has 6 heteroatoms. The van der Waals surface area contributed by atoms with Crippen LogP contribution in [0.4, 0.5) is 0 Å². The fourth-order valence-corrected chi connectivity index (χ4v) is 3.94. The number of amides is 1. The molecule has 1 saturated carbocycles. The maximum atomic E-state index is 12.4. The normalized spacial score (nSPS) is 24.7. The molecule has 2 fully saturated rings. The minimum atomic E-state index is -0.705. The highest BCUT2D eigenvalue weighted by Gasteiger charge is 2.43. The third kappa shape index (κ3) is 3.16. The van der Waals surface area contributed by atoms with Crippen molar-refractivity contribution in [1.82, 2.24) is 15.2 Å². The minimum absolute atomic E-state index is 0.0465. The van der Waals surface area contributed by atoms with Gasteiger partial charge in [-0.05, 0) is 52.0 Å². The minimum Gasteiger partial charge on any atom is -0.337 e. The average Bonchev–Trinajstić information content (AvgIpc) is 3.12. The van der Waals surface area contributed by atoms with Gasteiger partial charge in [0.15, 0.2) is 0 Å². The molecule has 2 unspecified atom stereocenters. The second-order valence-electron chi connectivity index (χ2n) is 6.56. The maximum Gasteiger partial charge on any atom is 0.235 e. The van der Waals surface area contributed by atoms with Crippen LogP contribution in [-0.2, 0) is 4.79 Å². The number of nitrogens with zero attached hydrogens (tertiary/aromatic N) is 3. The Bertz CT molecular complexity index is 604. The summed E-state index contributed by atoms with van der Waals surface area (Å²) in [5.74, 6) is 0.270. The molecule has 22 heavy (non-hydrogen) atoms. The van der Waals surface area contributed by atoms with E-state index in [1.54, 1.807) is 11.3 Å². The van der Waals surface area contributed by atoms with Crippen molar-refractivity contribution < 1.29 is 4.79 Å². The molecule has 118 valence electrons. The molecular weight excluding hydrogens is 296 g/mol. The number of aromatic nitrogens is 1. The quantitative estimate of drug-likeness (QED) is 0.905. The number of carbonyl (C=O) groups excluding carboxylic acids is 1. The van der Waals surface area contributed by atoms with Crippen LogP contribution in [0.1, 0.15) is 49.4 Å². The summed E-state index contributed by atoms with van der Waals surface area (Å²) in [5.41, 5.74) is 0.377. The highest BCUT2D eigenvalue weighted by molar-refractivity contribution is 7.09. The van der Waals surface area contributed by atoms with Crippen molar-refractivity contribution in [3.05, 3.63) is 16.1 Å². The number of thiazole rings is 1. The highest BCUT2D eigenvalue weighted by Crippen LogP contribution is 2.39. The van der Waals surface area contributed by atoms with E-state index in [0.29, 0.717) is 12.5 Å². The molecule has 2 aliphatic rings. The van der Waals surface area contributed by atoms with E-state index in [1.807, 2.05) is 13.8 Å². The monoisotopic (exact) mass is 318 g/mol. The number of nitrogens with one attached hydrogen (secondary N) is 1. The molecule has 5 nitrogen and oxygen atoms in total. The highest BCUT2D eigenvalue weighted by atomic mass is 32.1. The van der Waals surface area contributed by atoms with Crippen molar-refractivity contribution in [2.45, 2.75) is 51.1 Å². The van der Waals surface area contributed by atoms with Gasteiger partial charge in [0.25, 0.3) is 0 Å². The smallest absolute Gasteiger partial charge is 0.235 e. The third-order valence-electron chi connectivity index (χ3n) is 4.71. The van der Waals surface area contributed by atoms with Gasteiger partial charge < -0.3 is 5.32 Å². The number of likely N-dealkylation sites (tertiary alicyclic amines) is 1. The van der Waals surface area contributed by atoms with Crippen molar-refractivity contribution in [2.24, 2.45) is 5.92 Å². The first-order valence-electron chi connectivity index (χ1n) is 7.90. The molecule has 1 aliphatic heterocycles. The van der Waals surface area contributed by atoms with Gasteiger partial charge in [-0.1, -0.05) is 0 Å². The largest absolute Gasteiger partial charge is 0.337 e. The van der Waals surface area contributed by atoms with Gasteiger partial charge in [0.2, 0.25) is 5.91 Å². The summed E-state index contributed by atoms with van der Waals surface area (Å²) in [6.45, 7) is 5.12. The molecule has 1 aromatic heterocycles. The molecule has 1 amide bonds. The SMILES string of the molecule is Cc1nc(C2CCCN2CC(=O)NC(C)(C#N)C2CC2)cs1. The molecule has 2 heterocycles. The number of carbonyl (C=O) groups is 1. The van der Waals surface area contributed by atoms with Crippen LogP contribution in [-0.4, -0.2) is 34.4 Å². The van der Waals surface area contributed by atoms with Crippen molar-refractivity contribution in [2.75, 3.05) is 13.1 Å². The molecule has 0 bridgehead atoms. The van der Waals surface area contributed by atoms with Crippen LogP contribution in [0, 0.1) is 24.2 Å². The summed E-state index contributed by atoms with van der Waals surface area (Å²) in [6, 6.07) is 2.52. The molecule has 3 rings (SSSR count). The molecule has 0 radical (unpaired) electrons. The van der Waals surface area contributed by atoms with Crippen LogP contribution in [0.15, 0.2) is 5.38 Å². The van der Waals surface area contributed by atoms with E-state index in [4.69, 9.17) is 0 Å². The Kier molecular flexibility index (Phi) is 4.20. The van der Waals surface area contributed by atoms with E-state index in [1.165, 1.54) is 0 Å². The average molecular weight is 318 g/mol. The zero-order chi connectivity index (χ0) is 15.7. The zero-order valence-corrected chi connectivity index (χ0v) is 13.9. The number of hydrogen-bond acceptors (Lipinski definition) is 5. The molecule has 2 atom stereocenters. The molecule has 0 aromatic carbocycles. The van der Waals surface area contributed by atoms with E-state index in [9.17, 15) is 10.1 Å². The van der Waals surface area contributed by atoms with E-state index in [0.717, 1.165) is 42.9 Å². The van der Waals surface area contributed by atoms with E-state index in [2.05, 4.69) is 26.6 Å². The Hall–Kier alpha value is -1.45. The predicted molar refractivity (Wildman–Crippen MR) is 85.3 cm³/mol. The van der Waals surface area contributed by atoms with E-state index < -0.39 is 5.54 Å². The summed E-state index contributed by atoms with van der Waals surface area (Å²) in [6.07, 6.45) is 4.21. The topological polar surface area (TPSA) is 69.0 Å². The summed E-state index contributed by atoms with van der Waals surface area (Å²) in [4.78, 5) is 19.1. The predicted octanol–water partition coefficient (Wildman–Crippen LogP) is 2.40. The lowest BCUT2D eigenvalue weighted by molar-refractivity contribution is -0.123. The molecule has 1 saturated heterocycles. The van der Waals surface area contributed by atoms with Crippen molar-refractivity contribution in [3.63, 3.8) is 0 Å². The van der Waals surface area contributed by atoms with Crippen molar-refractivity contribution in [1.29, 1.82) is 5.26 Å². The van der Waals surface area contributed by atoms with Gasteiger partial charge in [-0.15, -0.1) is 11.3 Å². The summed E-state index contributed by atoms with van der Waals surface area (Å²) in [7, 11) is 0. The first-order valence-corrected chi connectivity index (χ1v) is 8.78. The fraction of sp³-hybridized carbons (Fsp3) is 0.688. The standard InChI is InChI=1S/C16H22N4OS/c1-11-18-13(9-22-11)14-4-3-7-20(14)8-15(21)19-16(2,10-17)12-5-6-12/h9,12,14H,3-8H2,1-2H3,(H,19,21). The third-order valence-corrected chi connectivity index (χ3v) is 5.51. The lowest BCUT2D eigenvalue weighted by Crippen LogP contribution is -2.50. The van der Waals surface area contributed by atoms with Gasteiger partial charge >= 0.3 is 0 Å². The van der Waals surface area contributed by atoms with Crippen LogP contribution >= 0.6 is 11.3 Å². The number of rotatable bonds is 5. The van der Waals surface area contributed by atoms with E-state index >= 15 is 0 Å². The number of hydrogen-bond donors (Lipinski definition) is 1. The van der Waals surface area contributed by atoms with Crippen LogP contribution in [0.2, 0.25) is 0 Å². The molecule has 1 N–H and O–H groups in total. The first kappa shape index (κ1) is 15.4. The number of aryl methyl sites for hydroxylation is 1. The van der Waals surface area contributed by atoms with Crippen molar-refractivity contribution in [3.8, 4) is 6.07 Å². The zero-order valence-electron chi connectivity index (χ0n) is 13.1. The first-order chi connectivity index (χ1) is 10.5. The summed E-state index contributed by atoms with van der Waals surface area (Å²) >= 11 is 1.66. The lowest BCUT2D eigenvalue weighted by atomic mass is 9.98. The van der Waals surface area contributed by atoms with Gasteiger partial charge in [0.05, 0.1) is 29.4 Å². The Balaban J connectivity index is 1.62. The molecule has 0 spiro atoms. The molecule has 1 aromatic rings. The molecule has 1 aliphatic carbocycles. The second-order valence-corrected chi connectivity index (χ2v) is 7.62. The Morgan fingerprint density at radius 3 is 2.95 bits per heavy atom. The van der Waals surface area contributed by atoms with Crippen LogP contribution in [0.25, 0.3) is 0 Å². The van der Waals surface area contributed by atoms with Gasteiger partial charge in [-0.3, -0.25) is 9.69 Å². The fourth-order valence-electron chi connectivity index (χ4n) is 3.28. The maximum absolute atomic E-state index is 12.4. The Morgan fingerprint density at radius 1 is 1.59 bits per heavy atom. The Morgan fingerprint density at radius 2 is 2.36 bits per heavy atom. The summed E-state index contributed by atoms with van der Waals surface area (Å²) in [5, 5.41) is 15.5. The van der Waals surface area contributed by atoms with Crippen molar-refractivity contribution >= 4 is 17.2 Å². The molecular formula is C16H22N4OS. The second kappa shape index (κ2) is 5.98. The number of nitriles is 1. The lowest BCUT2D eigenvalue weighted by Gasteiger charge is -2.27. The van der Waals surface area contributed by atoms with Gasteiger partial charge in [0.1, 0.15) is 5.54 Å². The van der Waals surface area contributed by atoms with Gasteiger partial charge in [0, 0.05) is 5.38 Å². The van der Waals surface area contributed by atoms with Crippen LogP contribution in [0.3, 0.4) is 0 Å². The summed E-state index contributed by atoms with van der Waals surface area (Å²) < 4.78 is 0. The van der Waals surface area contributed by atoms with Crippen LogP contribution in [0.5, 0.6) is 0 Å². The Labute approximate surface area is 135 Å². The van der Waals surface area contributed by atoms with Gasteiger partial charge in [-0.25, -0.2) is 4.98 Å². The van der Waals surface area contributed by atoms with E-state index in [-0.39, 0.29) is 11.9 Å². The van der Waals surface area contributed by atoms with Crippen LogP contribution < -0.4 is 5.32 Å². The van der Waals surface area contributed by atoms with Gasteiger partial charge in [-0.2, -0.15) is 5.26 Å².